The summed E-state index contributed by atoms with van der Waals surface area (Å²) >= 11 is 0. The molecule has 0 aliphatic rings. The molecule has 8 heteroatoms. The molecule has 0 amide bonds. The molecule has 25 heavy (non-hydrogen) atoms. The largest absolute Gasteiger partial charge is 0.468 e. The standard InChI is InChI=1S/C17H29N2O5P/c1-5-24-25(21,18-12-17(20)22-4)16(11-14(2)3)19-23-13-15-9-7-6-8-10-15/h6-10,14,16,19H,5,11-13H2,1-4H3,(H,18,21). The minimum atomic E-state index is -3.36. The van der Waals surface area contributed by atoms with E-state index in [2.05, 4.69) is 15.3 Å². The van der Waals surface area contributed by atoms with E-state index in [-0.39, 0.29) is 19.1 Å². The lowest BCUT2D eigenvalue weighted by Gasteiger charge is -2.29. The summed E-state index contributed by atoms with van der Waals surface area (Å²) in [6, 6.07) is 9.66. The van der Waals surface area contributed by atoms with Gasteiger partial charge in [-0.25, -0.2) is 5.09 Å². The van der Waals surface area contributed by atoms with Crippen molar-refractivity contribution in [2.75, 3.05) is 20.3 Å². The predicted molar refractivity (Wildman–Crippen MR) is 96.9 cm³/mol. The molecule has 0 aliphatic carbocycles. The normalized spacial score (nSPS) is 14.9. The number of carbonyl (C=O) groups excluding carboxylic acids is 1. The third kappa shape index (κ3) is 8.12. The zero-order valence-corrected chi connectivity index (χ0v) is 16.3. The SMILES string of the molecule is CCOP(=O)(NCC(=O)OC)C(CC(C)C)NOCc1ccccc1. The van der Waals surface area contributed by atoms with Crippen LogP contribution in [-0.2, 0) is 30.1 Å². The number of nitrogens with one attached hydrogen (secondary N) is 2. The first-order valence-electron chi connectivity index (χ1n) is 8.38. The molecular formula is C17H29N2O5P. The highest BCUT2D eigenvalue weighted by Gasteiger charge is 2.35. The average Bonchev–Trinajstić information content (AvgIpc) is 2.59. The Kier molecular flexibility index (Phi) is 9.93. The number of hydrogen-bond donors (Lipinski definition) is 2. The van der Waals surface area contributed by atoms with Gasteiger partial charge in [0.05, 0.1) is 20.3 Å². The molecule has 2 unspecified atom stereocenters. The molecule has 7 nitrogen and oxygen atoms in total. The van der Waals surface area contributed by atoms with Crippen LogP contribution in [0.3, 0.4) is 0 Å². The summed E-state index contributed by atoms with van der Waals surface area (Å²) in [5, 5.41) is 2.72. The van der Waals surface area contributed by atoms with Crippen LogP contribution in [0.25, 0.3) is 0 Å². The van der Waals surface area contributed by atoms with E-state index in [0.717, 1.165) is 5.56 Å². The first-order chi connectivity index (χ1) is 11.9. The van der Waals surface area contributed by atoms with Crippen molar-refractivity contribution < 1.29 is 23.5 Å². The Bertz CT molecular complexity index is 553. The first kappa shape index (κ1) is 21.8. The Morgan fingerprint density at radius 3 is 2.48 bits per heavy atom. The quantitative estimate of drug-likeness (QED) is 0.331. The van der Waals surface area contributed by atoms with Crippen LogP contribution < -0.4 is 10.6 Å². The molecule has 0 bridgehead atoms. The lowest BCUT2D eigenvalue weighted by atomic mass is 10.1. The van der Waals surface area contributed by atoms with Crippen molar-refractivity contribution in [2.24, 2.45) is 5.92 Å². The van der Waals surface area contributed by atoms with Gasteiger partial charge in [-0.3, -0.25) is 14.2 Å². The summed E-state index contributed by atoms with van der Waals surface area (Å²) < 4.78 is 23.3. The first-order valence-corrected chi connectivity index (χ1v) is 10.1. The summed E-state index contributed by atoms with van der Waals surface area (Å²) in [4.78, 5) is 16.9. The van der Waals surface area contributed by atoms with Crippen molar-refractivity contribution in [3.8, 4) is 0 Å². The topological polar surface area (TPSA) is 85.9 Å². The second kappa shape index (κ2) is 11.4. The zero-order chi connectivity index (χ0) is 18.7. The summed E-state index contributed by atoms with van der Waals surface area (Å²) in [5.74, 6) is -0.833. The smallest absolute Gasteiger partial charge is 0.320 e. The maximum Gasteiger partial charge on any atom is 0.320 e. The fourth-order valence-electron chi connectivity index (χ4n) is 2.18. The van der Waals surface area contributed by atoms with Crippen LogP contribution in [0.1, 0.15) is 32.8 Å². The predicted octanol–water partition coefficient (Wildman–Crippen LogP) is 3.07. The fourth-order valence-corrected chi connectivity index (χ4v) is 4.32. The van der Waals surface area contributed by atoms with Crippen molar-refractivity contribution in [1.29, 1.82) is 0 Å². The van der Waals surface area contributed by atoms with Crippen LogP contribution in [-0.4, -0.2) is 32.0 Å². The van der Waals surface area contributed by atoms with Crippen LogP contribution in [0.15, 0.2) is 30.3 Å². The monoisotopic (exact) mass is 372 g/mol. The summed E-state index contributed by atoms with van der Waals surface area (Å²) in [5.41, 5.74) is 3.86. The molecule has 0 fully saturated rings. The van der Waals surface area contributed by atoms with Crippen LogP contribution in [0, 0.1) is 5.92 Å². The van der Waals surface area contributed by atoms with Gasteiger partial charge in [-0.2, -0.15) is 5.48 Å². The van der Waals surface area contributed by atoms with Gasteiger partial charge in [0.2, 0.25) is 0 Å². The van der Waals surface area contributed by atoms with Gasteiger partial charge >= 0.3 is 5.97 Å². The average molecular weight is 372 g/mol. The summed E-state index contributed by atoms with van der Waals surface area (Å²) in [6.07, 6.45) is 0.556. The van der Waals surface area contributed by atoms with E-state index in [1.54, 1.807) is 6.92 Å². The fraction of sp³-hybridized carbons (Fsp3) is 0.588. The van der Waals surface area contributed by atoms with Crippen molar-refractivity contribution >= 4 is 13.5 Å². The number of carbonyl (C=O) groups is 1. The molecule has 1 aromatic carbocycles. The van der Waals surface area contributed by atoms with E-state index >= 15 is 0 Å². The van der Waals surface area contributed by atoms with E-state index < -0.39 is 19.3 Å². The minimum absolute atomic E-state index is 0.192. The maximum absolute atomic E-state index is 13.2. The van der Waals surface area contributed by atoms with E-state index in [1.807, 2.05) is 44.2 Å². The highest BCUT2D eigenvalue weighted by molar-refractivity contribution is 7.57. The molecule has 0 spiro atoms. The molecule has 0 saturated carbocycles. The Hall–Kier alpha value is -1.24. The van der Waals surface area contributed by atoms with E-state index in [1.165, 1.54) is 7.11 Å². The third-order valence-electron chi connectivity index (χ3n) is 3.40. The Labute approximate surface area is 149 Å². The van der Waals surface area contributed by atoms with Crippen molar-refractivity contribution in [3.63, 3.8) is 0 Å². The Morgan fingerprint density at radius 1 is 1.24 bits per heavy atom. The van der Waals surface area contributed by atoms with Gasteiger partial charge in [-0.05, 0) is 24.8 Å². The number of rotatable bonds is 12. The zero-order valence-electron chi connectivity index (χ0n) is 15.4. The number of benzene rings is 1. The molecule has 0 radical (unpaired) electrons. The van der Waals surface area contributed by atoms with Crippen molar-refractivity contribution in [2.45, 2.75) is 39.6 Å². The van der Waals surface area contributed by atoms with E-state index in [9.17, 15) is 9.36 Å². The van der Waals surface area contributed by atoms with Gasteiger partial charge in [0.1, 0.15) is 12.3 Å². The molecule has 1 aromatic rings. The van der Waals surface area contributed by atoms with Crippen molar-refractivity contribution in [3.05, 3.63) is 35.9 Å². The Morgan fingerprint density at radius 2 is 1.92 bits per heavy atom. The number of hydroxylamine groups is 1. The minimum Gasteiger partial charge on any atom is -0.468 e. The summed E-state index contributed by atoms with van der Waals surface area (Å²) in [6.45, 7) is 6.18. The van der Waals surface area contributed by atoms with Crippen molar-refractivity contribution in [1.82, 2.24) is 10.6 Å². The van der Waals surface area contributed by atoms with Gasteiger partial charge in [0.15, 0.2) is 0 Å². The Balaban J connectivity index is 2.76. The third-order valence-corrected chi connectivity index (χ3v) is 5.78. The highest BCUT2D eigenvalue weighted by atomic mass is 31.2. The number of methoxy groups -OCH3 is 1. The van der Waals surface area contributed by atoms with Crippen LogP contribution in [0.2, 0.25) is 0 Å². The molecular weight excluding hydrogens is 343 g/mol. The maximum atomic E-state index is 13.2. The van der Waals surface area contributed by atoms with Gasteiger partial charge in [-0.15, -0.1) is 0 Å². The number of esters is 1. The van der Waals surface area contributed by atoms with Crippen LogP contribution in [0.5, 0.6) is 0 Å². The molecule has 0 saturated heterocycles. The van der Waals surface area contributed by atoms with E-state index in [0.29, 0.717) is 13.0 Å². The highest BCUT2D eigenvalue weighted by Crippen LogP contribution is 2.48. The second-order valence-corrected chi connectivity index (χ2v) is 8.36. The molecule has 142 valence electrons. The molecule has 1 rings (SSSR count). The van der Waals surface area contributed by atoms with Gasteiger partial charge < -0.3 is 9.26 Å². The molecule has 2 atom stereocenters. The lowest BCUT2D eigenvalue weighted by Crippen LogP contribution is -2.37. The van der Waals surface area contributed by atoms with Gasteiger partial charge in [0, 0.05) is 0 Å². The van der Waals surface area contributed by atoms with E-state index in [4.69, 9.17) is 9.36 Å². The number of hydrogen-bond acceptors (Lipinski definition) is 6. The molecule has 2 N–H and O–H groups in total. The lowest BCUT2D eigenvalue weighted by molar-refractivity contribution is -0.139. The summed E-state index contributed by atoms with van der Waals surface area (Å²) in [7, 11) is -2.08. The van der Waals surface area contributed by atoms with Gasteiger partial charge in [-0.1, -0.05) is 44.2 Å². The molecule has 0 aliphatic heterocycles. The molecule has 0 aromatic heterocycles. The van der Waals surface area contributed by atoms with Crippen LogP contribution >= 0.6 is 7.52 Å². The van der Waals surface area contributed by atoms with Gasteiger partial charge in [0.25, 0.3) is 7.52 Å². The second-order valence-electron chi connectivity index (χ2n) is 5.96. The number of ether oxygens (including phenoxy) is 1. The molecule has 0 heterocycles. The van der Waals surface area contributed by atoms with Crippen LogP contribution in [0.4, 0.5) is 0 Å².